The highest BCUT2D eigenvalue weighted by Gasteiger charge is 2.19. The van der Waals surface area contributed by atoms with Crippen LogP contribution in [0.4, 0.5) is 0 Å². The average Bonchev–Trinajstić information content (AvgIpc) is 2.45. The molecular formula is C19H25NO. The molecule has 0 heterocycles. The summed E-state index contributed by atoms with van der Waals surface area (Å²) in [7, 11) is 1.74. The molecule has 2 aromatic carbocycles. The van der Waals surface area contributed by atoms with Crippen LogP contribution in [0, 0.1) is 20.8 Å². The second kappa shape index (κ2) is 6.77. The van der Waals surface area contributed by atoms with Gasteiger partial charge in [-0.25, -0.2) is 0 Å². The minimum absolute atomic E-state index is 0.158. The lowest BCUT2D eigenvalue weighted by Crippen LogP contribution is -2.23. The molecule has 1 atom stereocenters. The van der Waals surface area contributed by atoms with E-state index in [2.05, 4.69) is 69.4 Å². The summed E-state index contributed by atoms with van der Waals surface area (Å²) < 4.78 is 5.60. The number of nitrogens with one attached hydrogen (secondary N) is 1. The Hall–Kier alpha value is -1.80. The molecule has 0 bridgehead atoms. The summed E-state index contributed by atoms with van der Waals surface area (Å²) >= 11 is 0. The number of hydrogen-bond donors (Lipinski definition) is 1. The largest absolute Gasteiger partial charge is 0.496 e. The summed E-state index contributed by atoms with van der Waals surface area (Å²) in [6.07, 6.45) is 0. The molecule has 0 radical (unpaired) electrons. The fourth-order valence-electron chi connectivity index (χ4n) is 2.80. The molecule has 112 valence electrons. The lowest BCUT2D eigenvalue weighted by atomic mass is 9.92. The van der Waals surface area contributed by atoms with Crippen molar-refractivity contribution in [3.8, 4) is 5.75 Å². The van der Waals surface area contributed by atoms with Gasteiger partial charge in [-0.2, -0.15) is 0 Å². The maximum Gasteiger partial charge on any atom is 0.124 e. The van der Waals surface area contributed by atoms with Crippen LogP contribution in [-0.4, -0.2) is 13.7 Å². The second-order valence-corrected chi connectivity index (χ2v) is 5.60. The summed E-state index contributed by atoms with van der Waals surface area (Å²) in [4.78, 5) is 0. The van der Waals surface area contributed by atoms with Gasteiger partial charge in [0.1, 0.15) is 5.75 Å². The van der Waals surface area contributed by atoms with E-state index in [1.165, 1.54) is 27.8 Å². The summed E-state index contributed by atoms with van der Waals surface area (Å²) in [6, 6.07) is 13.2. The minimum Gasteiger partial charge on any atom is -0.496 e. The van der Waals surface area contributed by atoms with Gasteiger partial charge in [-0.05, 0) is 50.1 Å². The van der Waals surface area contributed by atoms with Crippen molar-refractivity contribution in [3.63, 3.8) is 0 Å². The molecule has 1 unspecified atom stereocenters. The summed E-state index contributed by atoms with van der Waals surface area (Å²) in [6.45, 7) is 9.44. The van der Waals surface area contributed by atoms with Gasteiger partial charge in [0.15, 0.2) is 0 Å². The Morgan fingerprint density at radius 3 is 2.14 bits per heavy atom. The highest BCUT2D eigenvalue weighted by atomic mass is 16.5. The number of rotatable bonds is 5. The maximum atomic E-state index is 5.60. The first-order chi connectivity index (χ1) is 10.1. The van der Waals surface area contributed by atoms with E-state index in [0.29, 0.717) is 0 Å². The molecule has 0 amide bonds. The van der Waals surface area contributed by atoms with Crippen LogP contribution < -0.4 is 10.1 Å². The predicted octanol–water partition coefficient (Wildman–Crippen LogP) is 4.32. The summed E-state index contributed by atoms with van der Waals surface area (Å²) in [5, 5.41) is 3.59. The van der Waals surface area contributed by atoms with Crippen LogP contribution in [0.2, 0.25) is 0 Å². The van der Waals surface area contributed by atoms with E-state index < -0.39 is 0 Å². The quantitative estimate of drug-likeness (QED) is 0.882. The Morgan fingerprint density at radius 1 is 0.952 bits per heavy atom. The van der Waals surface area contributed by atoms with E-state index in [-0.39, 0.29) is 6.04 Å². The Bertz CT molecular complexity index is 619. The van der Waals surface area contributed by atoms with Gasteiger partial charge in [-0.1, -0.05) is 42.8 Å². The zero-order valence-electron chi connectivity index (χ0n) is 13.7. The van der Waals surface area contributed by atoms with Gasteiger partial charge in [0.05, 0.1) is 13.2 Å². The Kier molecular flexibility index (Phi) is 5.03. The Morgan fingerprint density at radius 2 is 1.57 bits per heavy atom. The van der Waals surface area contributed by atoms with Gasteiger partial charge < -0.3 is 10.1 Å². The van der Waals surface area contributed by atoms with Gasteiger partial charge in [0.25, 0.3) is 0 Å². The van der Waals surface area contributed by atoms with Gasteiger partial charge in [-0.3, -0.25) is 0 Å². The molecule has 0 aliphatic rings. The third-order valence-corrected chi connectivity index (χ3v) is 3.84. The van der Waals surface area contributed by atoms with Crippen LogP contribution in [0.3, 0.4) is 0 Å². The van der Waals surface area contributed by atoms with Crippen molar-refractivity contribution in [1.29, 1.82) is 0 Å². The van der Waals surface area contributed by atoms with Crippen molar-refractivity contribution < 1.29 is 4.74 Å². The average molecular weight is 283 g/mol. The van der Waals surface area contributed by atoms with E-state index in [1.807, 2.05) is 0 Å². The van der Waals surface area contributed by atoms with E-state index in [9.17, 15) is 0 Å². The van der Waals surface area contributed by atoms with Crippen LogP contribution in [0.25, 0.3) is 0 Å². The minimum atomic E-state index is 0.158. The summed E-state index contributed by atoms with van der Waals surface area (Å²) in [5.41, 5.74) is 6.32. The van der Waals surface area contributed by atoms with Crippen molar-refractivity contribution >= 4 is 0 Å². The molecular weight excluding hydrogens is 258 g/mol. The lowest BCUT2D eigenvalue weighted by Gasteiger charge is -2.23. The van der Waals surface area contributed by atoms with Crippen molar-refractivity contribution in [2.75, 3.05) is 13.7 Å². The second-order valence-electron chi connectivity index (χ2n) is 5.60. The monoisotopic (exact) mass is 283 g/mol. The topological polar surface area (TPSA) is 21.3 Å². The van der Waals surface area contributed by atoms with Crippen molar-refractivity contribution in [2.45, 2.75) is 33.7 Å². The molecule has 21 heavy (non-hydrogen) atoms. The third kappa shape index (κ3) is 3.45. The molecule has 0 fully saturated rings. The van der Waals surface area contributed by atoms with E-state index in [1.54, 1.807) is 7.11 Å². The highest BCUT2D eigenvalue weighted by Crippen LogP contribution is 2.32. The SMILES string of the molecule is CCNC(c1ccc(C)cc1C)c1ccc(C)cc1OC. The molecule has 2 rings (SSSR count). The Labute approximate surface area is 128 Å². The molecule has 2 aromatic rings. The Balaban J connectivity index is 2.53. The van der Waals surface area contributed by atoms with Gasteiger partial charge in [0, 0.05) is 5.56 Å². The van der Waals surface area contributed by atoms with Crippen molar-refractivity contribution in [1.82, 2.24) is 5.32 Å². The fourth-order valence-corrected chi connectivity index (χ4v) is 2.80. The van der Waals surface area contributed by atoms with Gasteiger partial charge >= 0.3 is 0 Å². The first-order valence-electron chi connectivity index (χ1n) is 7.52. The van der Waals surface area contributed by atoms with Crippen LogP contribution in [0.1, 0.15) is 40.8 Å². The standard InChI is InChI=1S/C19H25NO/c1-6-20-19(16-9-7-13(2)11-15(16)4)17-10-8-14(3)12-18(17)21-5/h7-12,19-20H,6H2,1-5H3. The van der Waals surface area contributed by atoms with Gasteiger partial charge in [0.2, 0.25) is 0 Å². The van der Waals surface area contributed by atoms with Crippen LogP contribution in [0.5, 0.6) is 5.75 Å². The van der Waals surface area contributed by atoms with E-state index in [4.69, 9.17) is 4.74 Å². The molecule has 2 heteroatoms. The third-order valence-electron chi connectivity index (χ3n) is 3.84. The van der Waals surface area contributed by atoms with E-state index >= 15 is 0 Å². The molecule has 1 N–H and O–H groups in total. The first-order valence-corrected chi connectivity index (χ1v) is 7.52. The van der Waals surface area contributed by atoms with Crippen LogP contribution >= 0.6 is 0 Å². The zero-order valence-corrected chi connectivity index (χ0v) is 13.7. The normalized spacial score (nSPS) is 12.2. The molecule has 2 nitrogen and oxygen atoms in total. The summed E-state index contributed by atoms with van der Waals surface area (Å²) in [5.74, 6) is 0.945. The number of benzene rings is 2. The van der Waals surface area contributed by atoms with E-state index in [0.717, 1.165) is 12.3 Å². The molecule has 0 saturated carbocycles. The zero-order chi connectivity index (χ0) is 15.4. The number of ether oxygens (including phenoxy) is 1. The molecule has 0 aromatic heterocycles. The smallest absolute Gasteiger partial charge is 0.124 e. The molecule has 0 aliphatic carbocycles. The predicted molar refractivity (Wildman–Crippen MR) is 89.2 cm³/mol. The highest BCUT2D eigenvalue weighted by molar-refractivity contribution is 5.46. The molecule has 0 aliphatic heterocycles. The molecule has 0 saturated heterocycles. The fraction of sp³-hybridized carbons (Fsp3) is 0.368. The van der Waals surface area contributed by atoms with Gasteiger partial charge in [-0.15, -0.1) is 0 Å². The van der Waals surface area contributed by atoms with Crippen LogP contribution in [0.15, 0.2) is 36.4 Å². The molecule has 0 spiro atoms. The van der Waals surface area contributed by atoms with Crippen molar-refractivity contribution in [3.05, 3.63) is 64.2 Å². The number of hydrogen-bond acceptors (Lipinski definition) is 2. The lowest BCUT2D eigenvalue weighted by molar-refractivity contribution is 0.404. The van der Waals surface area contributed by atoms with Crippen LogP contribution in [-0.2, 0) is 0 Å². The first kappa shape index (κ1) is 15.6. The number of aryl methyl sites for hydroxylation is 3. The number of methoxy groups -OCH3 is 1. The van der Waals surface area contributed by atoms with Crippen molar-refractivity contribution in [2.24, 2.45) is 0 Å². The maximum absolute atomic E-state index is 5.60.